The number of thiophene rings is 1. The van der Waals surface area contributed by atoms with Gasteiger partial charge in [-0.15, -0.1) is 5.10 Å². The van der Waals surface area contributed by atoms with Crippen molar-refractivity contribution in [3.63, 3.8) is 0 Å². The zero-order chi connectivity index (χ0) is 16.5. The quantitative estimate of drug-likeness (QED) is 0.803. The maximum atomic E-state index is 12.8. The molecule has 2 aromatic heterocycles. The van der Waals surface area contributed by atoms with Gasteiger partial charge in [-0.05, 0) is 41.1 Å². The summed E-state index contributed by atoms with van der Waals surface area (Å²) in [5.41, 5.74) is 3.18. The first-order valence-electron chi connectivity index (χ1n) is 8.48. The minimum absolute atomic E-state index is 0.127. The lowest BCUT2D eigenvalue weighted by molar-refractivity contribution is -0.134. The maximum absolute atomic E-state index is 12.8. The standard InChI is InChI=1S/C17H22N4O2S/c1-23-10-15-17-14(21(19-18-17)9-12-2-3-12)4-6-20(15)16(22)8-13-5-7-24-11-13/h5,7,11-12,15H,2-4,6,8-10H2,1H3/t15-/m1/s1. The molecule has 1 atom stereocenters. The average Bonchev–Trinajstić information content (AvgIpc) is 3.06. The summed E-state index contributed by atoms with van der Waals surface area (Å²) < 4.78 is 7.44. The Kier molecular flexibility index (Phi) is 4.37. The van der Waals surface area contributed by atoms with Crippen LogP contribution in [-0.2, 0) is 28.9 Å². The summed E-state index contributed by atoms with van der Waals surface area (Å²) in [6.45, 7) is 2.14. The molecule has 7 heteroatoms. The van der Waals surface area contributed by atoms with Crippen LogP contribution in [0.25, 0.3) is 0 Å². The van der Waals surface area contributed by atoms with Crippen molar-refractivity contribution in [2.24, 2.45) is 5.92 Å². The zero-order valence-electron chi connectivity index (χ0n) is 13.9. The number of carbonyl (C=O) groups excluding carboxylic acids is 1. The van der Waals surface area contributed by atoms with Crippen molar-refractivity contribution in [3.05, 3.63) is 33.8 Å². The topological polar surface area (TPSA) is 60.3 Å². The molecule has 4 rings (SSSR count). The van der Waals surface area contributed by atoms with Crippen LogP contribution < -0.4 is 0 Å². The maximum Gasteiger partial charge on any atom is 0.227 e. The van der Waals surface area contributed by atoms with Crippen LogP contribution in [0.2, 0.25) is 0 Å². The Morgan fingerprint density at radius 2 is 2.33 bits per heavy atom. The molecule has 1 fully saturated rings. The first-order valence-corrected chi connectivity index (χ1v) is 9.42. The third-order valence-electron chi connectivity index (χ3n) is 4.86. The molecule has 1 aliphatic carbocycles. The van der Waals surface area contributed by atoms with Crippen molar-refractivity contribution in [1.82, 2.24) is 19.9 Å². The lowest BCUT2D eigenvalue weighted by Crippen LogP contribution is -2.43. The zero-order valence-corrected chi connectivity index (χ0v) is 14.7. The fraction of sp³-hybridized carbons (Fsp3) is 0.588. The summed E-state index contributed by atoms with van der Waals surface area (Å²) in [7, 11) is 1.67. The van der Waals surface area contributed by atoms with Crippen molar-refractivity contribution >= 4 is 17.2 Å². The second-order valence-corrected chi connectivity index (χ2v) is 7.44. The number of amides is 1. The largest absolute Gasteiger partial charge is 0.382 e. The van der Waals surface area contributed by atoms with E-state index in [9.17, 15) is 4.79 Å². The van der Waals surface area contributed by atoms with E-state index < -0.39 is 0 Å². The van der Waals surface area contributed by atoms with E-state index in [1.165, 1.54) is 18.5 Å². The molecule has 0 bridgehead atoms. The van der Waals surface area contributed by atoms with Crippen LogP contribution in [0.1, 0.15) is 35.8 Å². The van der Waals surface area contributed by atoms with Crippen LogP contribution >= 0.6 is 11.3 Å². The minimum atomic E-state index is -0.127. The molecule has 3 heterocycles. The second-order valence-electron chi connectivity index (χ2n) is 6.66. The molecule has 0 saturated heterocycles. The second kappa shape index (κ2) is 6.64. The fourth-order valence-corrected chi connectivity index (χ4v) is 4.05. The van der Waals surface area contributed by atoms with E-state index in [-0.39, 0.29) is 11.9 Å². The third-order valence-corrected chi connectivity index (χ3v) is 5.59. The molecular formula is C17H22N4O2S. The van der Waals surface area contributed by atoms with E-state index in [1.54, 1.807) is 18.4 Å². The van der Waals surface area contributed by atoms with Crippen molar-refractivity contribution in [2.75, 3.05) is 20.3 Å². The molecule has 0 N–H and O–H groups in total. The number of aromatic nitrogens is 3. The Bertz CT molecular complexity index is 708. The van der Waals surface area contributed by atoms with Gasteiger partial charge in [0, 0.05) is 26.6 Å². The molecular weight excluding hydrogens is 324 g/mol. The van der Waals surface area contributed by atoms with E-state index in [0.29, 0.717) is 19.6 Å². The predicted molar refractivity (Wildman–Crippen MR) is 90.8 cm³/mol. The highest BCUT2D eigenvalue weighted by Gasteiger charge is 2.35. The summed E-state index contributed by atoms with van der Waals surface area (Å²) in [5.74, 6) is 0.896. The van der Waals surface area contributed by atoms with Crippen LogP contribution in [0.4, 0.5) is 0 Å². The Balaban J connectivity index is 1.55. The minimum Gasteiger partial charge on any atom is -0.382 e. The van der Waals surface area contributed by atoms with Gasteiger partial charge in [0.25, 0.3) is 0 Å². The van der Waals surface area contributed by atoms with Gasteiger partial charge >= 0.3 is 0 Å². The molecule has 0 aromatic carbocycles. The van der Waals surface area contributed by atoms with Gasteiger partial charge in [0.05, 0.1) is 18.7 Å². The molecule has 1 aliphatic heterocycles. The lowest BCUT2D eigenvalue weighted by Gasteiger charge is -2.34. The SMILES string of the molecule is COC[C@@H]1c2nnn(CC3CC3)c2CCN1C(=O)Cc1ccsc1. The van der Waals surface area contributed by atoms with Gasteiger partial charge in [0.15, 0.2) is 0 Å². The highest BCUT2D eigenvalue weighted by Crippen LogP contribution is 2.33. The Morgan fingerprint density at radius 3 is 3.04 bits per heavy atom. The van der Waals surface area contributed by atoms with Crippen molar-refractivity contribution < 1.29 is 9.53 Å². The van der Waals surface area contributed by atoms with E-state index in [0.717, 1.165) is 30.1 Å². The first-order chi connectivity index (χ1) is 11.8. The van der Waals surface area contributed by atoms with Gasteiger partial charge < -0.3 is 9.64 Å². The highest BCUT2D eigenvalue weighted by molar-refractivity contribution is 7.08. The van der Waals surface area contributed by atoms with Gasteiger partial charge in [-0.1, -0.05) is 5.21 Å². The number of hydrogen-bond acceptors (Lipinski definition) is 5. The smallest absolute Gasteiger partial charge is 0.227 e. The fourth-order valence-electron chi connectivity index (χ4n) is 3.38. The Labute approximate surface area is 145 Å². The lowest BCUT2D eigenvalue weighted by atomic mass is 10.0. The summed E-state index contributed by atoms with van der Waals surface area (Å²) in [6.07, 6.45) is 3.85. The van der Waals surface area contributed by atoms with Gasteiger partial charge in [0.2, 0.25) is 5.91 Å². The molecule has 1 saturated carbocycles. The number of methoxy groups -OCH3 is 1. The Morgan fingerprint density at radius 1 is 1.46 bits per heavy atom. The molecule has 24 heavy (non-hydrogen) atoms. The number of rotatable bonds is 6. The molecule has 2 aliphatic rings. The summed E-state index contributed by atoms with van der Waals surface area (Å²) in [4.78, 5) is 14.7. The van der Waals surface area contributed by atoms with Crippen molar-refractivity contribution in [1.29, 1.82) is 0 Å². The first kappa shape index (κ1) is 15.8. The highest BCUT2D eigenvalue weighted by atomic mass is 32.1. The Hall–Kier alpha value is -1.73. The van der Waals surface area contributed by atoms with Gasteiger partial charge in [-0.2, -0.15) is 11.3 Å². The van der Waals surface area contributed by atoms with E-state index in [1.807, 2.05) is 21.7 Å². The van der Waals surface area contributed by atoms with Gasteiger partial charge in [-0.25, -0.2) is 4.68 Å². The molecule has 1 amide bonds. The normalized spacial score (nSPS) is 20.2. The molecule has 0 unspecified atom stereocenters. The number of ether oxygens (including phenoxy) is 1. The van der Waals surface area contributed by atoms with E-state index in [4.69, 9.17) is 4.74 Å². The molecule has 6 nitrogen and oxygen atoms in total. The van der Waals surface area contributed by atoms with E-state index >= 15 is 0 Å². The van der Waals surface area contributed by atoms with Gasteiger partial charge in [-0.3, -0.25) is 4.79 Å². The molecule has 0 radical (unpaired) electrons. The average molecular weight is 346 g/mol. The number of nitrogens with zero attached hydrogens (tertiary/aromatic N) is 4. The van der Waals surface area contributed by atoms with Crippen molar-refractivity contribution in [3.8, 4) is 0 Å². The van der Waals surface area contributed by atoms with E-state index in [2.05, 4.69) is 15.0 Å². The third kappa shape index (κ3) is 3.10. The van der Waals surface area contributed by atoms with Crippen LogP contribution in [0.3, 0.4) is 0 Å². The van der Waals surface area contributed by atoms with Crippen LogP contribution in [0, 0.1) is 5.92 Å². The van der Waals surface area contributed by atoms with Crippen LogP contribution in [-0.4, -0.2) is 46.1 Å². The molecule has 2 aromatic rings. The number of carbonyl (C=O) groups is 1. The summed E-state index contributed by atoms with van der Waals surface area (Å²) >= 11 is 1.62. The summed E-state index contributed by atoms with van der Waals surface area (Å²) in [5, 5.41) is 12.8. The number of fused-ring (bicyclic) bond motifs is 1. The van der Waals surface area contributed by atoms with Crippen molar-refractivity contribution in [2.45, 2.75) is 38.3 Å². The monoisotopic (exact) mass is 346 g/mol. The molecule has 0 spiro atoms. The molecule has 128 valence electrons. The number of hydrogen-bond donors (Lipinski definition) is 0. The van der Waals surface area contributed by atoms with Gasteiger partial charge in [0.1, 0.15) is 11.7 Å². The predicted octanol–water partition coefficient (Wildman–Crippen LogP) is 2.06. The van der Waals surface area contributed by atoms with Crippen LogP contribution in [0.15, 0.2) is 16.8 Å². The van der Waals surface area contributed by atoms with Crippen LogP contribution in [0.5, 0.6) is 0 Å². The summed E-state index contributed by atoms with van der Waals surface area (Å²) in [6, 6.07) is 1.88.